The Morgan fingerprint density at radius 3 is 2.78 bits per heavy atom. The molecule has 2 heterocycles. The number of aryl methyl sites for hydroxylation is 1. The van der Waals surface area contributed by atoms with E-state index in [2.05, 4.69) is 15.1 Å². The summed E-state index contributed by atoms with van der Waals surface area (Å²) in [6.45, 7) is 2.03. The molecule has 0 bridgehead atoms. The normalized spacial score (nSPS) is 10.5. The van der Waals surface area contributed by atoms with E-state index in [4.69, 9.17) is 4.52 Å². The summed E-state index contributed by atoms with van der Waals surface area (Å²) in [4.78, 5) is 8.54. The van der Waals surface area contributed by atoms with E-state index < -0.39 is 0 Å². The summed E-state index contributed by atoms with van der Waals surface area (Å²) in [5.41, 5.74) is 2.79. The zero-order chi connectivity index (χ0) is 12.4. The predicted octanol–water partition coefficient (Wildman–Crippen LogP) is 3.11. The van der Waals surface area contributed by atoms with Gasteiger partial charge in [0.25, 0.3) is 5.89 Å². The molecule has 0 unspecified atom stereocenters. The average molecular weight is 237 g/mol. The van der Waals surface area contributed by atoms with Crippen molar-refractivity contribution >= 4 is 0 Å². The van der Waals surface area contributed by atoms with Crippen LogP contribution in [0.25, 0.3) is 23.0 Å². The summed E-state index contributed by atoms with van der Waals surface area (Å²) in [6, 6.07) is 13.5. The molecule has 18 heavy (non-hydrogen) atoms. The van der Waals surface area contributed by atoms with E-state index in [0.717, 1.165) is 11.1 Å². The number of aromatic nitrogens is 3. The van der Waals surface area contributed by atoms with Crippen LogP contribution in [0.15, 0.2) is 53.2 Å². The van der Waals surface area contributed by atoms with E-state index in [1.807, 2.05) is 49.4 Å². The standard InChI is InChI=1S/C14H11N3O/c1-10-5-4-6-11(9-10)14-16-13(17-18-14)12-7-2-3-8-15-12/h2-9H,1H3. The molecule has 88 valence electrons. The summed E-state index contributed by atoms with van der Waals surface area (Å²) in [7, 11) is 0. The van der Waals surface area contributed by atoms with Crippen molar-refractivity contribution in [2.24, 2.45) is 0 Å². The molecule has 0 aliphatic carbocycles. The molecule has 0 amide bonds. The van der Waals surface area contributed by atoms with Crippen molar-refractivity contribution in [3.05, 3.63) is 54.2 Å². The maximum atomic E-state index is 5.26. The predicted molar refractivity (Wildman–Crippen MR) is 67.7 cm³/mol. The first-order chi connectivity index (χ1) is 8.83. The van der Waals surface area contributed by atoms with Crippen molar-refractivity contribution in [3.63, 3.8) is 0 Å². The van der Waals surface area contributed by atoms with E-state index in [-0.39, 0.29) is 0 Å². The fourth-order valence-electron chi connectivity index (χ4n) is 1.72. The number of hydrogen-bond donors (Lipinski definition) is 0. The average Bonchev–Trinajstić information content (AvgIpc) is 2.89. The lowest BCUT2D eigenvalue weighted by atomic mass is 10.1. The lowest BCUT2D eigenvalue weighted by Crippen LogP contribution is -1.84. The Kier molecular flexibility index (Phi) is 2.61. The first kappa shape index (κ1) is 10.7. The molecule has 0 spiro atoms. The molecule has 0 saturated heterocycles. The van der Waals surface area contributed by atoms with E-state index >= 15 is 0 Å². The first-order valence-corrected chi connectivity index (χ1v) is 5.65. The zero-order valence-electron chi connectivity index (χ0n) is 9.87. The summed E-state index contributed by atoms with van der Waals surface area (Å²) in [5, 5.41) is 3.94. The summed E-state index contributed by atoms with van der Waals surface area (Å²) >= 11 is 0. The molecule has 4 heteroatoms. The Morgan fingerprint density at radius 2 is 2.00 bits per heavy atom. The Morgan fingerprint density at radius 1 is 1.06 bits per heavy atom. The third kappa shape index (κ3) is 2.00. The van der Waals surface area contributed by atoms with Gasteiger partial charge in [0.15, 0.2) is 0 Å². The van der Waals surface area contributed by atoms with Crippen LogP contribution >= 0.6 is 0 Å². The van der Waals surface area contributed by atoms with E-state index in [1.54, 1.807) is 6.20 Å². The van der Waals surface area contributed by atoms with Gasteiger partial charge in [0.2, 0.25) is 5.82 Å². The van der Waals surface area contributed by atoms with Crippen molar-refractivity contribution in [2.45, 2.75) is 6.92 Å². The van der Waals surface area contributed by atoms with Gasteiger partial charge in [-0.25, -0.2) is 0 Å². The van der Waals surface area contributed by atoms with Gasteiger partial charge in [-0.2, -0.15) is 4.98 Å². The lowest BCUT2D eigenvalue weighted by molar-refractivity contribution is 0.432. The summed E-state index contributed by atoms with van der Waals surface area (Å²) in [5.74, 6) is 1.02. The number of pyridine rings is 1. The van der Waals surface area contributed by atoms with Crippen molar-refractivity contribution in [3.8, 4) is 23.0 Å². The molecular weight excluding hydrogens is 226 g/mol. The molecule has 0 saturated carbocycles. The van der Waals surface area contributed by atoms with Crippen LogP contribution in [0, 0.1) is 6.92 Å². The maximum Gasteiger partial charge on any atom is 0.258 e. The second-order valence-electron chi connectivity index (χ2n) is 4.01. The minimum Gasteiger partial charge on any atom is -0.334 e. The minimum atomic E-state index is 0.507. The first-order valence-electron chi connectivity index (χ1n) is 5.65. The highest BCUT2D eigenvalue weighted by Crippen LogP contribution is 2.21. The van der Waals surface area contributed by atoms with E-state index in [1.165, 1.54) is 0 Å². The van der Waals surface area contributed by atoms with Gasteiger partial charge in [0, 0.05) is 11.8 Å². The molecule has 3 rings (SSSR count). The number of hydrogen-bond acceptors (Lipinski definition) is 4. The van der Waals surface area contributed by atoms with Crippen LogP contribution in [0.1, 0.15) is 5.56 Å². The molecule has 0 aliphatic heterocycles. The molecule has 3 aromatic rings. The van der Waals surface area contributed by atoms with Gasteiger partial charge in [0.05, 0.1) is 0 Å². The van der Waals surface area contributed by atoms with Crippen molar-refractivity contribution in [1.82, 2.24) is 15.1 Å². The van der Waals surface area contributed by atoms with Crippen molar-refractivity contribution in [2.75, 3.05) is 0 Å². The molecule has 2 aromatic heterocycles. The number of benzene rings is 1. The van der Waals surface area contributed by atoms with Gasteiger partial charge in [-0.1, -0.05) is 28.9 Å². The molecule has 0 fully saturated rings. The molecule has 4 nitrogen and oxygen atoms in total. The van der Waals surface area contributed by atoms with Crippen LogP contribution < -0.4 is 0 Å². The Balaban J connectivity index is 2.00. The van der Waals surface area contributed by atoms with Gasteiger partial charge in [-0.15, -0.1) is 0 Å². The second-order valence-corrected chi connectivity index (χ2v) is 4.01. The van der Waals surface area contributed by atoms with Gasteiger partial charge >= 0.3 is 0 Å². The smallest absolute Gasteiger partial charge is 0.258 e. The fraction of sp³-hybridized carbons (Fsp3) is 0.0714. The quantitative estimate of drug-likeness (QED) is 0.687. The van der Waals surface area contributed by atoms with Gasteiger partial charge < -0.3 is 4.52 Å². The fourth-order valence-corrected chi connectivity index (χ4v) is 1.72. The van der Waals surface area contributed by atoms with Crippen LogP contribution in [-0.2, 0) is 0 Å². The minimum absolute atomic E-state index is 0.507. The topological polar surface area (TPSA) is 51.8 Å². The van der Waals surface area contributed by atoms with Crippen LogP contribution in [0.4, 0.5) is 0 Å². The van der Waals surface area contributed by atoms with Crippen LogP contribution in [-0.4, -0.2) is 15.1 Å². The molecule has 0 aliphatic rings. The van der Waals surface area contributed by atoms with E-state index in [0.29, 0.717) is 17.4 Å². The zero-order valence-corrected chi connectivity index (χ0v) is 9.87. The molecule has 0 N–H and O–H groups in total. The Labute approximate surface area is 104 Å². The number of nitrogens with zero attached hydrogens (tertiary/aromatic N) is 3. The SMILES string of the molecule is Cc1cccc(-c2nc(-c3ccccn3)no2)c1. The van der Waals surface area contributed by atoms with Crippen LogP contribution in [0.3, 0.4) is 0 Å². The Hall–Kier alpha value is -2.49. The van der Waals surface area contributed by atoms with Gasteiger partial charge in [-0.3, -0.25) is 4.98 Å². The van der Waals surface area contributed by atoms with Crippen LogP contribution in [0.2, 0.25) is 0 Å². The molecule has 0 radical (unpaired) electrons. The molecule has 0 atom stereocenters. The van der Waals surface area contributed by atoms with E-state index in [9.17, 15) is 0 Å². The summed E-state index contributed by atoms with van der Waals surface area (Å²) in [6.07, 6.45) is 1.71. The molecular formula is C14H11N3O. The highest BCUT2D eigenvalue weighted by molar-refractivity contribution is 5.57. The Bertz CT molecular complexity index is 662. The van der Waals surface area contributed by atoms with Crippen LogP contribution in [0.5, 0.6) is 0 Å². The van der Waals surface area contributed by atoms with Gasteiger partial charge in [0.1, 0.15) is 5.69 Å². The monoisotopic (exact) mass is 237 g/mol. The highest BCUT2D eigenvalue weighted by Gasteiger charge is 2.10. The number of rotatable bonds is 2. The van der Waals surface area contributed by atoms with Crippen molar-refractivity contribution < 1.29 is 4.52 Å². The lowest BCUT2D eigenvalue weighted by Gasteiger charge is -1.95. The van der Waals surface area contributed by atoms with Gasteiger partial charge in [-0.05, 0) is 31.2 Å². The molecule has 1 aromatic carbocycles. The third-order valence-electron chi connectivity index (χ3n) is 2.59. The van der Waals surface area contributed by atoms with Crippen molar-refractivity contribution in [1.29, 1.82) is 0 Å². The maximum absolute atomic E-state index is 5.26. The third-order valence-corrected chi connectivity index (χ3v) is 2.59. The second kappa shape index (κ2) is 4.41. The highest BCUT2D eigenvalue weighted by atomic mass is 16.5. The largest absolute Gasteiger partial charge is 0.334 e. The summed E-state index contributed by atoms with van der Waals surface area (Å²) < 4.78 is 5.26.